The van der Waals surface area contributed by atoms with Crippen molar-refractivity contribution in [2.45, 2.75) is 13.3 Å². The molecule has 1 fully saturated rings. The van der Waals surface area contributed by atoms with Crippen LogP contribution in [0.3, 0.4) is 0 Å². The van der Waals surface area contributed by atoms with Crippen LogP contribution in [0, 0.1) is 0 Å². The lowest BCUT2D eigenvalue weighted by atomic mass is 10.2. The number of amides is 1. The highest BCUT2D eigenvalue weighted by Gasteiger charge is 2.32. The number of carbonyl (C=O) groups is 1. The molecule has 1 saturated heterocycles. The van der Waals surface area contributed by atoms with Gasteiger partial charge in [-0.3, -0.25) is 18.9 Å². The maximum absolute atomic E-state index is 13.1. The van der Waals surface area contributed by atoms with Crippen molar-refractivity contribution in [2.24, 2.45) is 0 Å². The van der Waals surface area contributed by atoms with Crippen molar-refractivity contribution < 1.29 is 14.3 Å². The average Bonchev–Trinajstić information content (AvgIpc) is 3.01. The molecule has 3 heterocycles. The number of methoxy groups -OCH3 is 1. The molecule has 2 aromatic rings. The highest BCUT2D eigenvalue weighted by molar-refractivity contribution is 8.26. The molecule has 10 heteroatoms. The molecule has 1 aliphatic rings. The molecule has 0 spiro atoms. The molecule has 1 N–H and O–H groups in total. The van der Waals surface area contributed by atoms with Crippen LogP contribution in [0.25, 0.3) is 11.7 Å². The van der Waals surface area contributed by atoms with E-state index in [1.165, 1.54) is 16.2 Å². The molecular formula is C20H24N4O4S2. The SMILES string of the molecule is CCOCCCN1C(=O)C(=Cc2c(NCCOC)nc3ccccn3c2=O)SC1=S. The number of ether oxygens (including phenoxy) is 2. The molecule has 0 aromatic carbocycles. The number of aromatic nitrogens is 2. The van der Waals surface area contributed by atoms with Crippen molar-refractivity contribution in [3.63, 3.8) is 0 Å². The predicted octanol–water partition coefficient (Wildman–Crippen LogP) is 2.38. The van der Waals surface area contributed by atoms with Gasteiger partial charge in [-0.2, -0.15) is 0 Å². The molecule has 1 aliphatic heterocycles. The average molecular weight is 449 g/mol. The van der Waals surface area contributed by atoms with Crippen molar-refractivity contribution in [3.05, 3.63) is 45.2 Å². The zero-order valence-corrected chi connectivity index (χ0v) is 18.6. The van der Waals surface area contributed by atoms with Gasteiger partial charge in [0.05, 0.1) is 17.1 Å². The molecule has 0 radical (unpaired) electrons. The number of hydrogen-bond donors (Lipinski definition) is 1. The van der Waals surface area contributed by atoms with Crippen LogP contribution in [0.15, 0.2) is 34.1 Å². The zero-order valence-electron chi connectivity index (χ0n) is 16.9. The number of carbonyl (C=O) groups excluding carboxylic acids is 1. The molecule has 0 aliphatic carbocycles. The third kappa shape index (κ3) is 5.07. The van der Waals surface area contributed by atoms with E-state index in [4.69, 9.17) is 21.7 Å². The van der Waals surface area contributed by atoms with Crippen LogP contribution >= 0.6 is 24.0 Å². The van der Waals surface area contributed by atoms with Crippen molar-refractivity contribution in [1.29, 1.82) is 0 Å². The van der Waals surface area contributed by atoms with Gasteiger partial charge in [0.1, 0.15) is 15.8 Å². The van der Waals surface area contributed by atoms with Crippen LogP contribution in [0.4, 0.5) is 5.82 Å². The summed E-state index contributed by atoms with van der Waals surface area (Å²) in [4.78, 5) is 32.5. The van der Waals surface area contributed by atoms with Crippen LogP contribution in [0.5, 0.6) is 0 Å². The lowest BCUT2D eigenvalue weighted by molar-refractivity contribution is -0.122. The number of rotatable bonds is 10. The highest BCUT2D eigenvalue weighted by atomic mass is 32.2. The second-order valence-corrected chi connectivity index (χ2v) is 8.09. The number of pyridine rings is 1. The molecule has 0 bridgehead atoms. The van der Waals surface area contributed by atoms with Gasteiger partial charge in [0, 0.05) is 39.6 Å². The first kappa shape index (κ1) is 22.4. The summed E-state index contributed by atoms with van der Waals surface area (Å²) < 4.78 is 12.3. The number of fused-ring (bicyclic) bond motifs is 1. The molecule has 3 rings (SSSR count). The topological polar surface area (TPSA) is 85.2 Å². The van der Waals surface area contributed by atoms with E-state index in [9.17, 15) is 9.59 Å². The summed E-state index contributed by atoms with van der Waals surface area (Å²) >= 11 is 6.56. The van der Waals surface area contributed by atoms with Crippen molar-refractivity contribution in [1.82, 2.24) is 14.3 Å². The molecule has 0 saturated carbocycles. The number of thiocarbonyl (C=S) groups is 1. The molecule has 8 nitrogen and oxygen atoms in total. The Morgan fingerprint density at radius 3 is 2.90 bits per heavy atom. The third-order valence-corrected chi connectivity index (χ3v) is 5.77. The van der Waals surface area contributed by atoms with Crippen LogP contribution in [0.1, 0.15) is 18.9 Å². The minimum Gasteiger partial charge on any atom is -0.383 e. The first-order chi connectivity index (χ1) is 14.6. The van der Waals surface area contributed by atoms with E-state index in [1.807, 2.05) is 13.0 Å². The van der Waals surface area contributed by atoms with Crippen molar-refractivity contribution in [3.8, 4) is 0 Å². The number of thioether (sulfide) groups is 1. The van der Waals surface area contributed by atoms with E-state index >= 15 is 0 Å². The molecule has 0 unspecified atom stereocenters. The van der Waals surface area contributed by atoms with Gasteiger partial charge < -0.3 is 14.8 Å². The molecule has 1 amide bonds. The van der Waals surface area contributed by atoms with Gasteiger partial charge in [-0.05, 0) is 31.6 Å². The summed E-state index contributed by atoms with van der Waals surface area (Å²) in [5, 5.41) is 3.13. The van der Waals surface area contributed by atoms with E-state index in [0.717, 1.165) is 0 Å². The first-order valence-electron chi connectivity index (χ1n) is 9.64. The smallest absolute Gasteiger partial charge is 0.267 e. The van der Waals surface area contributed by atoms with E-state index in [0.29, 0.717) is 65.6 Å². The molecular weight excluding hydrogens is 424 g/mol. The monoisotopic (exact) mass is 448 g/mol. The molecule has 30 heavy (non-hydrogen) atoms. The van der Waals surface area contributed by atoms with Gasteiger partial charge in [0.15, 0.2) is 0 Å². The Kier molecular flexibility index (Phi) is 7.97. The Morgan fingerprint density at radius 1 is 1.30 bits per heavy atom. The van der Waals surface area contributed by atoms with Gasteiger partial charge in [0.2, 0.25) is 0 Å². The Hall–Kier alpha value is -2.27. The van der Waals surface area contributed by atoms with Gasteiger partial charge in [0.25, 0.3) is 11.5 Å². The minimum absolute atomic E-state index is 0.207. The van der Waals surface area contributed by atoms with Crippen LogP contribution in [0.2, 0.25) is 0 Å². The fraction of sp³-hybridized carbons (Fsp3) is 0.400. The normalized spacial score (nSPS) is 15.5. The second-order valence-electron chi connectivity index (χ2n) is 6.41. The summed E-state index contributed by atoms with van der Waals surface area (Å²) in [5.74, 6) is 0.201. The van der Waals surface area contributed by atoms with Crippen LogP contribution in [-0.4, -0.2) is 64.5 Å². The van der Waals surface area contributed by atoms with E-state index in [1.54, 1.807) is 36.4 Å². The lowest BCUT2D eigenvalue weighted by Crippen LogP contribution is -2.29. The van der Waals surface area contributed by atoms with Crippen molar-refractivity contribution in [2.75, 3.05) is 45.3 Å². The quantitative estimate of drug-likeness (QED) is 0.337. The fourth-order valence-corrected chi connectivity index (χ4v) is 4.22. The zero-order chi connectivity index (χ0) is 21.5. The largest absolute Gasteiger partial charge is 0.383 e. The summed E-state index contributed by atoms with van der Waals surface area (Å²) in [5.41, 5.74) is 0.565. The van der Waals surface area contributed by atoms with E-state index in [-0.39, 0.29) is 11.5 Å². The van der Waals surface area contributed by atoms with Gasteiger partial charge in [-0.25, -0.2) is 4.98 Å². The number of nitrogens with zero attached hydrogens (tertiary/aromatic N) is 3. The molecule has 160 valence electrons. The highest BCUT2D eigenvalue weighted by Crippen LogP contribution is 2.33. The number of nitrogens with one attached hydrogen (secondary N) is 1. The maximum Gasteiger partial charge on any atom is 0.267 e. The Morgan fingerprint density at radius 2 is 2.13 bits per heavy atom. The predicted molar refractivity (Wildman–Crippen MR) is 123 cm³/mol. The first-order valence-corrected chi connectivity index (χ1v) is 10.9. The summed E-state index contributed by atoms with van der Waals surface area (Å²) in [6.07, 6.45) is 3.92. The van der Waals surface area contributed by atoms with Crippen molar-refractivity contribution >= 4 is 51.7 Å². The number of anilines is 1. The van der Waals surface area contributed by atoms with Gasteiger partial charge in [-0.1, -0.05) is 30.0 Å². The van der Waals surface area contributed by atoms with Crippen LogP contribution < -0.4 is 10.9 Å². The summed E-state index contributed by atoms with van der Waals surface area (Å²) in [6.45, 7) is 4.54. The van der Waals surface area contributed by atoms with Crippen LogP contribution in [-0.2, 0) is 14.3 Å². The molecule has 0 atom stereocenters. The van der Waals surface area contributed by atoms with E-state index in [2.05, 4.69) is 10.3 Å². The van der Waals surface area contributed by atoms with E-state index < -0.39 is 0 Å². The summed E-state index contributed by atoms with van der Waals surface area (Å²) in [7, 11) is 1.60. The fourth-order valence-electron chi connectivity index (χ4n) is 2.93. The molecule has 2 aromatic heterocycles. The Balaban J connectivity index is 1.93. The second kappa shape index (κ2) is 10.7. The van der Waals surface area contributed by atoms with Gasteiger partial charge >= 0.3 is 0 Å². The minimum atomic E-state index is -0.262. The van der Waals surface area contributed by atoms with Gasteiger partial charge in [-0.15, -0.1) is 0 Å². The summed E-state index contributed by atoms with van der Waals surface area (Å²) in [6, 6.07) is 5.33. The Labute approximate surface area is 184 Å². The number of hydrogen-bond acceptors (Lipinski definition) is 8. The third-order valence-electron chi connectivity index (χ3n) is 4.39. The lowest BCUT2D eigenvalue weighted by Gasteiger charge is -2.14. The standard InChI is InChI=1S/C20H24N4O4S2/c1-3-28-11-6-10-24-19(26)15(30-20(24)29)13-14-17(21-8-12-27-2)22-16-7-4-5-9-23(16)18(14)25/h4-5,7,9,13,21H,3,6,8,10-12H2,1-2H3. The maximum atomic E-state index is 13.1. The Bertz CT molecular complexity index is 1020.